The van der Waals surface area contributed by atoms with Gasteiger partial charge in [0.25, 0.3) is 5.91 Å². The largest absolute Gasteiger partial charge is 0.508 e. The number of ether oxygens (including phenoxy) is 1. The molecule has 37 heavy (non-hydrogen) atoms. The summed E-state index contributed by atoms with van der Waals surface area (Å²) >= 11 is 0. The standard InChI is InChI=1S/C31H30N2O4/c1-37-27-6-4-5-24(21-27)32-17-19-33(20-18-32)31(36)29-8-3-2-7-28(29)30(22-9-13-25(34)14-10-22)23-11-15-26(35)16-12-23/h2-16,21,30,34-35H,17-20H2,1H3. The van der Waals surface area contributed by atoms with Gasteiger partial charge in [-0.05, 0) is 59.2 Å². The van der Waals surface area contributed by atoms with E-state index in [9.17, 15) is 15.0 Å². The van der Waals surface area contributed by atoms with E-state index < -0.39 is 0 Å². The number of amides is 1. The van der Waals surface area contributed by atoms with Gasteiger partial charge in [0.1, 0.15) is 17.2 Å². The van der Waals surface area contributed by atoms with Crippen LogP contribution in [0.4, 0.5) is 5.69 Å². The average molecular weight is 495 g/mol. The Morgan fingerprint density at radius 2 is 1.35 bits per heavy atom. The number of phenols is 2. The van der Waals surface area contributed by atoms with Gasteiger partial charge in [0.05, 0.1) is 7.11 Å². The van der Waals surface area contributed by atoms with Crippen molar-refractivity contribution in [3.63, 3.8) is 0 Å². The van der Waals surface area contributed by atoms with Crippen molar-refractivity contribution < 1.29 is 19.7 Å². The number of benzene rings is 4. The highest BCUT2D eigenvalue weighted by Gasteiger charge is 2.27. The smallest absolute Gasteiger partial charge is 0.254 e. The number of nitrogens with zero attached hydrogens (tertiary/aromatic N) is 2. The summed E-state index contributed by atoms with van der Waals surface area (Å²) < 4.78 is 5.37. The monoisotopic (exact) mass is 494 g/mol. The number of anilines is 1. The van der Waals surface area contributed by atoms with E-state index in [2.05, 4.69) is 11.0 Å². The molecule has 2 N–H and O–H groups in total. The molecule has 0 atom stereocenters. The highest BCUT2D eigenvalue weighted by molar-refractivity contribution is 5.96. The molecule has 0 bridgehead atoms. The van der Waals surface area contributed by atoms with Crippen LogP contribution in [0.5, 0.6) is 17.2 Å². The van der Waals surface area contributed by atoms with Crippen LogP contribution in [0.2, 0.25) is 0 Å². The fourth-order valence-electron chi connectivity index (χ4n) is 4.97. The minimum atomic E-state index is -0.237. The van der Waals surface area contributed by atoms with Crippen LogP contribution >= 0.6 is 0 Å². The summed E-state index contributed by atoms with van der Waals surface area (Å²) in [5.74, 6) is 0.959. The number of carbonyl (C=O) groups is 1. The molecule has 1 amide bonds. The number of carbonyl (C=O) groups excluding carboxylic acids is 1. The van der Waals surface area contributed by atoms with Crippen molar-refractivity contribution in [2.75, 3.05) is 38.2 Å². The van der Waals surface area contributed by atoms with Crippen LogP contribution in [0.3, 0.4) is 0 Å². The molecule has 6 heteroatoms. The van der Waals surface area contributed by atoms with Gasteiger partial charge in [-0.15, -0.1) is 0 Å². The summed E-state index contributed by atoms with van der Waals surface area (Å²) in [5, 5.41) is 19.7. The first-order valence-electron chi connectivity index (χ1n) is 12.4. The van der Waals surface area contributed by atoms with Gasteiger partial charge in [0, 0.05) is 49.4 Å². The van der Waals surface area contributed by atoms with E-state index in [4.69, 9.17) is 4.74 Å². The second-order valence-electron chi connectivity index (χ2n) is 9.18. The molecule has 5 rings (SSSR count). The third kappa shape index (κ3) is 5.23. The Hall–Kier alpha value is -4.45. The van der Waals surface area contributed by atoms with Crippen LogP contribution in [0.15, 0.2) is 97.1 Å². The predicted octanol–water partition coefficient (Wildman–Crippen LogP) is 5.25. The maximum Gasteiger partial charge on any atom is 0.254 e. The number of aromatic hydroxyl groups is 2. The Bertz CT molecular complexity index is 1320. The molecule has 0 aliphatic carbocycles. The second kappa shape index (κ2) is 10.7. The van der Waals surface area contributed by atoms with Crippen LogP contribution in [-0.2, 0) is 0 Å². The number of phenolic OH excluding ortho intramolecular Hbond substituents is 2. The number of methoxy groups -OCH3 is 1. The summed E-state index contributed by atoms with van der Waals surface area (Å²) in [6, 6.07) is 29.9. The molecule has 0 saturated carbocycles. The van der Waals surface area contributed by atoms with E-state index in [-0.39, 0.29) is 23.3 Å². The molecule has 6 nitrogen and oxygen atoms in total. The maximum atomic E-state index is 13.8. The number of piperazine rings is 1. The zero-order valence-corrected chi connectivity index (χ0v) is 20.7. The van der Waals surface area contributed by atoms with Gasteiger partial charge in [-0.2, -0.15) is 0 Å². The van der Waals surface area contributed by atoms with E-state index in [1.54, 1.807) is 31.4 Å². The van der Waals surface area contributed by atoms with Crippen molar-refractivity contribution in [2.45, 2.75) is 5.92 Å². The van der Waals surface area contributed by atoms with Crippen molar-refractivity contribution in [1.29, 1.82) is 0 Å². The first-order chi connectivity index (χ1) is 18.0. The fraction of sp³-hybridized carbons (Fsp3) is 0.194. The number of hydrogen-bond acceptors (Lipinski definition) is 5. The van der Waals surface area contributed by atoms with Crippen LogP contribution in [0, 0.1) is 0 Å². The highest BCUT2D eigenvalue weighted by atomic mass is 16.5. The zero-order chi connectivity index (χ0) is 25.8. The van der Waals surface area contributed by atoms with Gasteiger partial charge in [0.2, 0.25) is 0 Å². The van der Waals surface area contributed by atoms with Gasteiger partial charge < -0.3 is 24.7 Å². The Morgan fingerprint density at radius 1 is 0.757 bits per heavy atom. The molecule has 4 aromatic carbocycles. The molecule has 0 unspecified atom stereocenters. The summed E-state index contributed by atoms with van der Waals surface area (Å²) in [6.45, 7) is 2.71. The zero-order valence-electron chi connectivity index (χ0n) is 20.7. The summed E-state index contributed by atoms with van der Waals surface area (Å²) in [6.07, 6.45) is 0. The Morgan fingerprint density at radius 3 is 1.95 bits per heavy atom. The van der Waals surface area contributed by atoms with Crippen LogP contribution < -0.4 is 9.64 Å². The molecule has 1 aliphatic rings. The molecular formula is C31H30N2O4. The van der Waals surface area contributed by atoms with Gasteiger partial charge in [-0.1, -0.05) is 48.5 Å². The van der Waals surface area contributed by atoms with E-state index >= 15 is 0 Å². The molecule has 4 aromatic rings. The molecule has 0 aromatic heterocycles. The van der Waals surface area contributed by atoms with Gasteiger partial charge in [-0.3, -0.25) is 4.79 Å². The van der Waals surface area contributed by atoms with Gasteiger partial charge in [-0.25, -0.2) is 0 Å². The lowest BCUT2D eigenvalue weighted by molar-refractivity contribution is 0.0745. The first-order valence-corrected chi connectivity index (χ1v) is 12.4. The summed E-state index contributed by atoms with van der Waals surface area (Å²) in [7, 11) is 1.66. The molecule has 0 spiro atoms. The van der Waals surface area contributed by atoms with Crippen LogP contribution in [0.25, 0.3) is 0 Å². The third-order valence-corrected chi connectivity index (χ3v) is 6.94. The summed E-state index contributed by atoms with van der Waals surface area (Å²) in [5.41, 5.74) is 4.53. The molecule has 188 valence electrons. The van der Waals surface area contributed by atoms with E-state index in [0.29, 0.717) is 18.7 Å². The number of hydrogen-bond donors (Lipinski definition) is 2. The quantitative estimate of drug-likeness (QED) is 0.358. The maximum absolute atomic E-state index is 13.8. The second-order valence-corrected chi connectivity index (χ2v) is 9.18. The topological polar surface area (TPSA) is 73.2 Å². The Kier molecular flexibility index (Phi) is 6.99. The lowest BCUT2D eigenvalue weighted by Gasteiger charge is -2.36. The molecule has 1 saturated heterocycles. The molecule has 0 radical (unpaired) electrons. The average Bonchev–Trinajstić information content (AvgIpc) is 2.95. The first kappa shape index (κ1) is 24.3. The van der Waals surface area contributed by atoms with Crippen molar-refractivity contribution >= 4 is 11.6 Å². The minimum absolute atomic E-state index is 0.00319. The SMILES string of the molecule is COc1cccc(N2CCN(C(=O)c3ccccc3C(c3ccc(O)cc3)c3ccc(O)cc3)CC2)c1. The van der Waals surface area contributed by atoms with Crippen molar-refractivity contribution in [1.82, 2.24) is 4.90 Å². The van der Waals surface area contributed by atoms with Crippen molar-refractivity contribution in [3.8, 4) is 17.2 Å². The minimum Gasteiger partial charge on any atom is -0.508 e. The van der Waals surface area contributed by atoms with E-state index in [0.717, 1.165) is 41.2 Å². The van der Waals surface area contributed by atoms with E-state index in [1.807, 2.05) is 71.6 Å². The normalized spacial score (nSPS) is 13.6. The van der Waals surface area contributed by atoms with Crippen molar-refractivity contribution in [2.24, 2.45) is 0 Å². The van der Waals surface area contributed by atoms with Crippen molar-refractivity contribution in [3.05, 3.63) is 119 Å². The van der Waals surface area contributed by atoms with Gasteiger partial charge in [0.15, 0.2) is 0 Å². The van der Waals surface area contributed by atoms with Crippen LogP contribution in [0.1, 0.15) is 33.0 Å². The van der Waals surface area contributed by atoms with Crippen LogP contribution in [-0.4, -0.2) is 54.3 Å². The Balaban J connectivity index is 1.43. The molecule has 1 fully saturated rings. The fourth-order valence-corrected chi connectivity index (χ4v) is 4.97. The highest BCUT2D eigenvalue weighted by Crippen LogP contribution is 2.36. The lowest BCUT2D eigenvalue weighted by atomic mass is 9.82. The number of rotatable bonds is 6. The Labute approximate surface area is 217 Å². The molecular weight excluding hydrogens is 464 g/mol. The predicted molar refractivity (Wildman–Crippen MR) is 145 cm³/mol. The lowest BCUT2D eigenvalue weighted by Crippen LogP contribution is -2.49. The third-order valence-electron chi connectivity index (χ3n) is 6.94. The summed E-state index contributed by atoms with van der Waals surface area (Å²) in [4.78, 5) is 18.0. The van der Waals surface area contributed by atoms with E-state index in [1.165, 1.54) is 0 Å². The van der Waals surface area contributed by atoms with Gasteiger partial charge >= 0.3 is 0 Å². The molecule has 1 aliphatic heterocycles. The molecule has 1 heterocycles.